The highest BCUT2D eigenvalue weighted by Crippen LogP contribution is 2.06. The smallest absolute Gasteiger partial charge is 0.283 e. The summed E-state index contributed by atoms with van der Waals surface area (Å²) in [6, 6.07) is 0. The van der Waals surface area contributed by atoms with Crippen molar-refractivity contribution in [2.75, 3.05) is 6.50 Å². The second kappa shape index (κ2) is 1.98. The monoisotopic (exact) mass is 144 g/mol. The van der Waals surface area contributed by atoms with Gasteiger partial charge in [0.2, 0.25) is 0 Å². The van der Waals surface area contributed by atoms with Gasteiger partial charge in [-0.2, -0.15) is 5.16 Å². The molecule has 54 valence electrons. The molecule has 0 bridgehead atoms. The van der Waals surface area contributed by atoms with Crippen LogP contribution in [0.4, 0.5) is 0 Å². The van der Waals surface area contributed by atoms with E-state index < -0.39 is 18.6 Å². The van der Waals surface area contributed by atoms with Crippen molar-refractivity contribution in [3.8, 4) is 0 Å². The van der Waals surface area contributed by atoms with E-state index in [4.69, 9.17) is 5.48 Å². The van der Waals surface area contributed by atoms with Gasteiger partial charge in [-0.05, 0) is 12.9 Å². The second-order valence-electron chi connectivity index (χ2n) is 1.94. The van der Waals surface area contributed by atoms with Gasteiger partial charge >= 0.3 is 0 Å². The summed E-state index contributed by atoms with van der Waals surface area (Å²) in [7, 11) is 0. The molecule has 0 saturated heterocycles. The number of fused-ring (bicyclic) bond motifs is 1. The van der Waals surface area contributed by atoms with Gasteiger partial charge in [-0.25, -0.2) is 0 Å². The molecule has 0 aliphatic carbocycles. The lowest BCUT2D eigenvalue weighted by Gasteiger charge is -2.07. The number of aromatic amines is 1. The zero-order valence-electron chi connectivity index (χ0n) is 9.02. The topological polar surface area (TPSA) is 58.0 Å². The van der Waals surface area contributed by atoms with Crippen LogP contribution >= 0.6 is 0 Å². The first-order valence-electron chi connectivity index (χ1n) is 4.82. The van der Waals surface area contributed by atoms with Gasteiger partial charge in [0.25, 0.3) is 5.56 Å². The third kappa shape index (κ3) is 0.690. The van der Waals surface area contributed by atoms with Crippen molar-refractivity contribution in [3.63, 3.8) is 0 Å². The Bertz CT molecular complexity index is 422. The first kappa shape index (κ1) is 2.92. The van der Waals surface area contributed by atoms with Gasteiger partial charge in [0.15, 0.2) is 5.76 Å². The molecule has 0 aromatic carbocycles. The maximum atomic E-state index is 11.1. The Kier molecular flexibility index (Phi) is 0.579. The van der Waals surface area contributed by atoms with Gasteiger partial charge < -0.3 is 9.84 Å². The zero-order valence-corrected chi connectivity index (χ0v) is 5.02. The summed E-state index contributed by atoms with van der Waals surface area (Å²) in [5.41, 5.74) is -0.548. The molecule has 4 nitrogen and oxygen atoms in total. The first-order valence-corrected chi connectivity index (χ1v) is 2.82. The normalized spacial score (nSPS) is 32.8. The van der Waals surface area contributed by atoms with Gasteiger partial charge in [-0.15, -0.1) is 0 Å². The SMILES string of the molecule is [2H]C1([2H])Cc2c(o[nH]c2=O)C([2H])([2H])N1. The minimum Gasteiger partial charge on any atom is -0.382 e. The molecule has 0 spiro atoms. The maximum Gasteiger partial charge on any atom is 0.283 e. The summed E-state index contributed by atoms with van der Waals surface area (Å²) in [6.07, 6.45) is -0.201. The molecular formula is C6H8N2O2. The predicted octanol–water partition coefficient (Wildman–Crippen LogP) is -0.386. The molecule has 10 heavy (non-hydrogen) atoms. The molecule has 2 rings (SSSR count). The number of rotatable bonds is 0. The van der Waals surface area contributed by atoms with Crippen LogP contribution in [0.15, 0.2) is 9.32 Å². The fourth-order valence-corrected chi connectivity index (χ4v) is 0.819. The average molecular weight is 144 g/mol. The molecule has 0 unspecified atom stereocenters. The summed E-state index contributed by atoms with van der Waals surface area (Å²) in [5, 5.41) is 4.11. The molecule has 1 aliphatic rings. The van der Waals surface area contributed by atoms with Crippen LogP contribution in [-0.4, -0.2) is 11.7 Å². The van der Waals surface area contributed by atoms with Crippen molar-refractivity contribution in [2.24, 2.45) is 0 Å². The molecule has 1 aliphatic heterocycles. The summed E-state index contributed by atoms with van der Waals surface area (Å²) < 4.78 is 34.3. The van der Waals surface area contributed by atoms with Crippen LogP contribution in [-0.2, 0) is 12.9 Å². The third-order valence-electron chi connectivity index (χ3n) is 1.32. The number of H-pyrrole nitrogens is 1. The van der Waals surface area contributed by atoms with Crippen LogP contribution in [0.2, 0.25) is 0 Å². The molecule has 1 aromatic rings. The molecule has 0 atom stereocenters. The Morgan fingerprint density at radius 2 is 2.60 bits per heavy atom. The Morgan fingerprint density at radius 1 is 1.70 bits per heavy atom. The predicted molar refractivity (Wildman–Crippen MR) is 34.7 cm³/mol. The van der Waals surface area contributed by atoms with Crippen LogP contribution in [0.25, 0.3) is 0 Å². The molecule has 0 fully saturated rings. The van der Waals surface area contributed by atoms with E-state index in [2.05, 4.69) is 9.84 Å². The Balaban J connectivity index is 2.60. The highest BCUT2D eigenvalue weighted by atomic mass is 16.5. The summed E-state index contributed by atoms with van der Waals surface area (Å²) in [5.74, 6) is -0.169. The van der Waals surface area contributed by atoms with Crippen LogP contribution in [0.3, 0.4) is 0 Å². The van der Waals surface area contributed by atoms with Gasteiger partial charge in [-0.1, -0.05) is 0 Å². The highest BCUT2D eigenvalue weighted by Gasteiger charge is 2.15. The second-order valence-corrected chi connectivity index (χ2v) is 1.94. The van der Waals surface area contributed by atoms with E-state index in [1.165, 1.54) is 0 Å². The van der Waals surface area contributed by atoms with Crippen LogP contribution in [0.1, 0.15) is 16.8 Å². The van der Waals surface area contributed by atoms with Crippen molar-refractivity contribution in [1.29, 1.82) is 0 Å². The molecular weight excluding hydrogens is 132 g/mol. The summed E-state index contributed by atoms with van der Waals surface area (Å²) >= 11 is 0. The lowest BCUT2D eigenvalue weighted by atomic mass is 10.1. The molecule has 4 heteroatoms. The summed E-state index contributed by atoms with van der Waals surface area (Å²) in [6.45, 7) is -4.09. The first-order chi connectivity index (χ1) is 6.32. The van der Waals surface area contributed by atoms with Crippen LogP contribution in [0.5, 0.6) is 0 Å². The molecule has 0 saturated carbocycles. The van der Waals surface area contributed by atoms with E-state index >= 15 is 0 Å². The van der Waals surface area contributed by atoms with E-state index in [0.29, 0.717) is 0 Å². The van der Waals surface area contributed by atoms with E-state index in [1.807, 2.05) is 5.16 Å². The fraction of sp³-hybridized carbons (Fsp3) is 0.500. The Hall–Kier alpha value is -1.03. The van der Waals surface area contributed by atoms with Crippen LogP contribution < -0.4 is 10.9 Å². The Morgan fingerprint density at radius 3 is 3.50 bits per heavy atom. The number of hydrogen-bond donors (Lipinski definition) is 2. The summed E-state index contributed by atoms with van der Waals surface area (Å²) in [4.78, 5) is 11.1. The van der Waals surface area contributed by atoms with E-state index in [0.717, 1.165) is 0 Å². The van der Waals surface area contributed by atoms with Gasteiger partial charge in [0.05, 0.1) is 14.8 Å². The average Bonchev–Trinajstić information content (AvgIpc) is 2.28. The lowest BCUT2D eigenvalue weighted by molar-refractivity contribution is 0.362. The molecule has 2 heterocycles. The van der Waals surface area contributed by atoms with Gasteiger partial charge in [0.1, 0.15) is 0 Å². The minimum atomic E-state index is -2.16. The van der Waals surface area contributed by atoms with E-state index in [-0.39, 0.29) is 17.7 Å². The molecule has 1 aromatic heterocycles. The van der Waals surface area contributed by atoms with Crippen molar-refractivity contribution >= 4 is 0 Å². The van der Waals surface area contributed by atoms with Gasteiger partial charge in [-0.3, -0.25) is 4.79 Å². The van der Waals surface area contributed by atoms with Crippen LogP contribution in [0, 0.1) is 0 Å². The molecule has 0 radical (unpaired) electrons. The number of nitrogens with one attached hydrogen (secondary N) is 2. The van der Waals surface area contributed by atoms with Crippen molar-refractivity contribution < 1.29 is 10.0 Å². The molecule has 0 amide bonds. The lowest BCUT2D eigenvalue weighted by Crippen LogP contribution is -2.25. The highest BCUT2D eigenvalue weighted by molar-refractivity contribution is 5.16. The largest absolute Gasteiger partial charge is 0.382 e. The zero-order chi connectivity index (χ0) is 10.6. The quantitative estimate of drug-likeness (QED) is 0.521. The standard InChI is InChI=1S/C6H8N2O2/c9-6-4-1-2-7-3-5(4)10-8-6/h7H,1-3H2,(H,8,9)/i2D2,3D2. The third-order valence-corrected chi connectivity index (χ3v) is 1.32. The van der Waals surface area contributed by atoms with Gasteiger partial charge in [0, 0.05) is 2.74 Å². The van der Waals surface area contributed by atoms with Crippen molar-refractivity contribution in [2.45, 2.75) is 12.9 Å². The Labute approximate surface area is 62.8 Å². The van der Waals surface area contributed by atoms with Crippen molar-refractivity contribution in [3.05, 3.63) is 21.7 Å². The number of aromatic nitrogens is 1. The molecule has 2 N–H and O–H groups in total. The number of hydrogen-bond acceptors (Lipinski definition) is 3. The van der Waals surface area contributed by atoms with E-state index in [1.54, 1.807) is 0 Å². The fourth-order valence-electron chi connectivity index (χ4n) is 0.819. The van der Waals surface area contributed by atoms with Crippen molar-refractivity contribution in [1.82, 2.24) is 10.5 Å². The maximum absolute atomic E-state index is 11.1. The minimum absolute atomic E-state index is 0.0266. The van der Waals surface area contributed by atoms with E-state index in [9.17, 15) is 4.79 Å².